The van der Waals surface area contributed by atoms with E-state index in [0.29, 0.717) is 12.4 Å². The molecule has 0 unspecified atom stereocenters. The molecule has 0 fully saturated rings. The van der Waals surface area contributed by atoms with Crippen molar-refractivity contribution in [2.75, 3.05) is 6.54 Å². The lowest BCUT2D eigenvalue weighted by atomic mass is 10.3. The van der Waals surface area contributed by atoms with E-state index in [-0.39, 0.29) is 6.42 Å². The summed E-state index contributed by atoms with van der Waals surface area (Å²) in [6.07, 6.45) is 0.0980. The fourth-order valence-electron chi connectivity index (χ4n) is 1.28. The Labute approximate surface area is 89.1 Å². The molecular formula is C10H16N4O. The van der Waals surface area contributed by atoms with Crippen LogP contribution in [0.15, 0.2) is 6.07 Å². The van der Waals surface area contributed by atoms with E-state index in [2.05, 4.69) is 15.3 Å². The number of nitrogens with two attached hydrogens (primary N) is 1. The van der Waals surface area contributed by atoms with Crippen molar-refractivity contribution in [3.63, 3.8) is 0 Å². The van der Waals surface area contributed by atoms with Gasteiger partial charge in [0, 0.05) is 12.2 Å². The molecule has 0 saturated heterocycles. The minimum absolute atomic E-state index is 0.0980. The molecule has 0 radical (unpaired) electrons. The minimum atomic E-state index is -0.407. The number of primary amides is 1. The molecular weight excluding hydrogens is 192 g/mol. The Morgan fingerprint density at radius 1 is 1.53 bits per heavy atom. The lowest BCUT2D eigenvalue weighted by molar-refractivity contribution is -0.117. The molecule has 0 spiro atoms. The van der Waals surface area contributed by atoms with E-state index in [9.17, 15) is 4.79 Å². The summed E-state index contributed by atoms with van der Waals surface area (Å²) < 4.78 is 0. The fraction of sp³-hybridized carbons (Fsp3) is 0.500. The van der Waals surface area contributed by atoms with Crippen molar-refractivity contribution in [1.82, 2.24) is 15.3 Å². The molecule has 0 aliphatic heterocycles. The van der Waals surface area contributed by atoms with Gasteiger partial charge in [-0.3, -0.25) is 4.79 Å². The Morgan fingerprint density at radius 2 is 2.27 bits per heavy atom. The van der Waals surface area contributed by atoms with Crippen LogP contribution < -0.4 is 11.1 Å². The van der Waals surface area contributed by atoms with Gasteiger partial charge in [0.15, 0.2) is 0 Å². The van der Waals surface area contributed by atoms with Crippen LogP contribution in [0.4, 0.5) is 0 Å². The van der Waals surface area contributed by atoms with Crippen LogP contribution in [-0.4, -0.2) is 22.4 Å². The Morgan fingerprint density at radius 3 is 2.87 bits per heavy atom. The first kappa shape index (κ1) is 11.6. The van der Waals surface area contributed by atoms with E-state index in [0.717, 1.165) is 17.9 Å². The number of aromatic nitrogens is 2. The van der Waals surface area contributed by atoms with Gasteiger partial charge in [-0.25, -0.2) is 9.97 Å². The first-order valence-corrected chi connectivity index (χ1v) is 4.94. The van der Waals surface area contributed by atoms with E-state index < -0.39 is 5.91 Å². The van der Waals surface area contributed by atoms with Crippen LogP contribution in [0.1, 0.15) is 24.1 Å². The number of hydrogen-bond donors (Lipinski definition) is 2. The van der Waals surface area contributed by atoms with E-state index in [1.54, 1.807) is 0 Å². The summed E-state index contributed by atoms with van der Waals surface area (Å²) in [6, 6.07) is 1.90. The molecule has 1 heterocycles. The van der Waals surface area contributed by atoms with Crippen LogP contribution in [0.25, 0.3) is 0 Å². The van der Waals surface area contributed by atoms with Crippen molar-refractivity contribution in [3.8, 4) is 0 Å². The third kappa shape index (κ3) is 4.03. The zero-order valence-corrected chi connectivity index (χ0v) is 9.08. The number of carbonyl (C=O) groups is 1. The molecule has 1 aromatic heterocycles. The average Bonchev–Trinajstić information content (AvgIpc) is 2.12. The van der Waals surface area contributed by atoms with Crippen LogP contribution in [0, 0.1) is 6.92 Å². The lowest BCUT2D eigenvalue weighted by Crippen LogP contribution is -2.18. The van der Waals surface area contributed by atoms with Crippen molar-refractivity contribution in [1.29, 1.82) is 0 Å². The molecule has 0 aromatic carbocycles. The van der Waals surface area contributed by atoms with Gasteiger partial charge in [-0.2, -0.15) is 0 Å². The van der Waals surface area contributed by atoms with Crippen molar-refractivity contribution >= 4 is 5.91 Å². The predicted octanol–water partition coefficient (Wildman–Crippen LogP) is -0.0777. The van der Waals surface area contributed by atoms with Crippen molar-refractivity contribution in [2.45, 2.75) is 26.8 Å². The number of hydrogen-bond acceptors (Lipinski definition) is 4. The minimum Gasteiger partial charge on any atom is -0.369 e. The third-order valence-corrected chi connectivity index (χ3v) is 1.84. The normalized spacial score (nSPS) is 10.3. The molecule has 5 heteroatoms. The van der Waals surface area contributed by atoms with Crippen LogP contribution in [0.5, 0.6) is 0 Å². The topological polar surface area (TPSA) is 80.9 Å². The van der Waals surface area contributed by atoms with Gasteiger partial charge in [0.05, 0.1) is 12.1 Å². The van der Waals surface area contributed by atoms with Crippen molar-refractivity contribution in [2.24, 2.45) is 5.73 Å². The molecule has 1 rings (SSSR count). The summed E-state index contributed by atoms with van der Waals surface area (Å²) in [5.41, 5.74) is 6.84. The second-order valence-electron chi connectivity index (χ2n) is 3.34. The molecule has 0 atom stereocenters. The fourth-order valence-corrected chi connectivity index (χ4v) is 1.28. The van der Waals surface area contributed by atoms with E-state index in [4.69, 9.17) is 5.73 Å². The predicted molar refractivity (Wildman–Crippen MR) is 57.0 cm³/mol. The Balaban J connectivity index is 2.79. The largest absolute Gasteiger partial charge is 0.369 e. The van der Waals surface area contributed by atoms with Gasteiger partial charge >= 0.3 is 0 Å². The first-order valence-electron chi connectivity index (χ1n) is 4.94. The van der Waals surface area contributed by atoms with E-state index in [1.807, 2.05) is 19.9 Å². The van der Waals surface area contributed by atoms with Gasteiger partial charge in [-0.15, -0.1) is 0 Å². The van der Waals surface area contributed by atoms with Crippen LogP contribution in [0.3, 0.4) is 0 Å². The lowest BCUT2D eigenvalue weighted by Gasteiger charge is -2.05. The van der Waals surface area contributed by atoms with Crippen LogP contribution in [-0.2, 0) is 17.8 Å². The maximum absolute atomic E-state index is 10.7. The number of amides is 1. The smallest absolute Gasteiger partial charge is 0.225 e. The Kier molecular flexibility index (Phi) is 4.17. The van der Waals surface area contributed by atoms with Crippen molar-refractivity contribution < 1.29 is 4.79 Å². The molecule has 5 nitrogen and oxygen atoms in total. The summed E-state index contributed by atoms with van der Waals surface area (Å²) >= 11 is 0. The highest BCUT2D eigenvalue weighted by atomic mass is 16.1. The van der Waals surface area contributed by atoms with Crippen molar-refractivity contribution in [3.05, 3.63) is 23.3 Å². The molecule has 0 saturated carbocycles. The first-order chi connectivity index (χ1) is 7.11. The highest BCUT2D eigenvalue weighted by Crippen LogP contribution is 2.01. The number of aryl methyl sites for hydroxylation is 1. The molecule has 1 aromatic rings. The van der Waals surface area contributed by atoms with E-state index in [1.165, 1.54) is 0 Å². The zero-order valence-electron chi connectivity index (χ0n) is 9.08. The van der Waals surface area contributed by atoms with Gasteiger partial charge in [0.1, 0.15) is 5.82 Å². The molecule has 0 bridgehead atoms. The Bertz CT molecular complexity index is 351. The van der Waals surface area contributed by atoms with Gasteiger partial charge in [0.2, 0.25) is 5.91 Å². The summed E-state index contributed by atoms with van der Waals surface area (Å²) in [4.78, 5) is 19.1. The number of nitrogens with one attached hydrogen (secondary N) is 1. The summed E-state index contributed by atoms with van der Waals surface area (Å²) in [5.74, 6) is 0.0883. The summed E-state index contributed by atoms with van der Waals surface area (Å²) in [5, 5.41) is 3.17. The third-order valence-electron chi connectivity index (χ3n) is 1.84. The number of nitrogens with zero attached hydrogens (tertiary/aromatic N) is 2. The molecule has 1 amide bonds. The molecule has 0 aliphatic carbocycles. The van der Waals surface area contributed by atoms with Gasteiger partial charge < -0.3 is 11.1 Å². The second kappa shape index (κ2) is 5.41. The number of rotatable bonds is 5. The molecule has 3 N–H and O–H groups in total. The highest BCUT2D eigenvalue weighted by molar-refractivity contribution is 5.75. The number of carbonyl (C=O) groups excluding carboxylic acids is 1. The maximum Gasteiger partial charge on any atom is 0.225 e. The molecule has 15 heavy (non-hydrogen) atoms. The second-order valence-corrected chi connectivity index (χ2v) is 3.34. The molecule has 0 aliphatic rings. The summed E-state index contributed by atoms with van der Waals surface area (Å²) in [6.45, 7) is 5.47. The van der Waals surface area contributed by atoms with Crippen LogP contribution >= 0.6 is 0 Å². The van der Waals surface area contributed by atoms with Gasteiger partial charge in [-0.1, -0.05) is 6.92 Å². The zero-order chi connectivity index (χ0) is 11.3. The van der Waals surface area contributed by atoms with Gasteiger partial charge in [-0.05, 0) is 19.5 Å². The van der Waals surface area contributed by atoms with E-state index >= 15 is 0 Å². The SMILES string of the molecule is CCNCc1cc(C)nc(CC(N)=O)n1. The van der Waals surface area contributed by atoms with Crippen LogP contribution in [0.2, 0.25) is 0 Å². The van der Waals surface area contributed by atoms with Gasteiger partial charge in [0.25, 0.3) is 0 Å². The maximum atomic E-state index is 10.7. The Hall–Kier alpha value is -1.49. The quantitative estimate of drug-likeness (QED) is 0.709. The monoisotopic (exact) mass is 208 g/mol. The standard InChI is InChI=1S/C10H16N4O/c1-3-12-6-8-4-7(2)13-10(14-8)5-9(11)15/h4,12H,3,5-6H2,1-2H3,(H2,11,15). The summed E-state index contributed by atoms with van der Waals surface area (Å²) in [7, 11) is 0. The average molecular weight is 208 g/mol. The molecule has 82 valence electrons. The highest BCUT2D eigenvalue weighted by Gasteiger charge is 2.04.